The monoisotopic (exact) mass is 410 g/mol. The number of fused-ring (bicyclic) bond motifs is 1. The summed E-state index contributed by atoms with van der Waals surface area (Å²) in [5, 5.41) is 14.8. The molecule has 0 saturated heterocycles. The SMILES string of the molecule is Cc1nn(CC(O)Cn2cnc3c2c(=O)n(C)c(=O)n3C)c(C)c1Br. The zero-order chi connectivity index (χ0) is 18.5. The molecule has 0 aliphatic carbocycles. The van der Waals surface area contributed by atoms with Gasteiger partial charge in [0, 0.05) is 19.8 Å². The standard InChI is InChI=1S/C15H19BrN6O3/c1-8-11(16)9(2)22(18-8)6-10(23)5-21-7-17-13-12(21)14(24)20(4)15(25)19(13)3/h7,10,23H,5-6H2,1-4H3. The smallest absolute Gasteiger partial charge is 0.332 e. The van der Waals surface area contributed by atoms with E-state index in [4.69, 9.17) is 0 Å². The minimum Gasteiger partial charge on any atom is -0.389 e. The van der Waals surface area contributed by atoms with E-state index in [2.05, 4.69) is 26.0 Å². The number of aryl methyl sites for hydroxylation is 2. The van der Waals surface area contributed by atoms with Crippen LogP contribution in [0.1, 0.15) is 11.4 Å². The second-order valence-corrected chi connectivity index (χ2v) is 6.89. The molecule has 0 saturated carbocycles. The molecule has 0 bridgehead atoms. The van der Waals surface area contributed by atoms with Crippen molar-refractivity contribution in [3.63, 3.8) is 0 Å². The van der Waals surface area contributed by atoms with Crippen LogP contribution in [0.4, 0.5) is 0 Å². The lowest BCUT2D eigenvalue weighted by atomic mass is 10.3. The lowest BCUT2D eigenvalue weighted by molar-refractivity contribution is 0.130. The number of halogens is 1. The molecule has 25 heavy (non-hydrogen) atoms. The maximum atomic E-state index is 12.4. The number of aliphatic hydroxyl groups is 1. The largest absolute Gasteiger partial charge is 0.389 e. The van der Waals surface area contributed by atoms with Crippen LogP contribution in [0.15, 0.2) is 20.4 Å². The number of rotatable bonds is 4. The van der Waals surface area contributed by atoms with Crippen LogP contribution in [0.25, 0.3) is 11.2 Å². The summed E-state index contributed by atoms with van der Waals surface area (Å²) in [7, 11) is 2.98. The van der Waals surface area contributed by atoms with E-state index in [1.807, 2.05) is 13.8 Å². The number of aromatic nitrogens is 6. The fraction of sp³-hybridized carbons (Fsp3) is 0.467. The molecule has 3 aromatic rings. The number of hydrogen-bond donors (Lipinski definition) is 1. The summed E-state index contributed by atoms with van der Waals surface area (Å²) < 4.78 is 6.55. The number of hydrogen-bond acceptors (Lipinski definition) is 5. The Morgan fingerprint density at radius 3 is 2.48 bits per heavy atom. The van der Waals surface area contributed by atoms with Crippen LogP contribution >= 0.6 is 15.9 Å². The third-order valence-electron chi connectivity index (χ3n) is 4.30. The second-order valence-electron chi connectivity index (χ2n) is 6.10. The van der Waals surface area contributed by atoms with Gasteiger partial charge in [0.25, 0.3) is 5.56 Å². The Bertz CT molecular complexity index is 1070. The molecule has 3 aromatic heterocycles. The summed E-state index contributed by atoms with van der Waals surface area (Å²) in [4.78, 5) is 28.5. The van der Waals surface area contributed by atoms with Crippen molar-refractivity contribution in [1.82, 2.24) is 28.5 Å². The molecule has 134 valence electrons. The van der Waals surface area contributed by atoms with E-state index in [1.54, 1.807) is 16.3 Å². The van der Waals surface area contributed by atoms with E-state index < -0.39 is 17.4 Å². The van der Waals surface area contributed by atoms with Gasteiger partial charge in [0.05, 0.1) is 35.7 Å². The molecule has 10 heteroatoms. The minimum absolute atomic E-state index is 0.167. The van der Waals surface area contributed by atoms with Gasteiger partial charge >= 0.3 is 5.69 Å². The molecular formula is C15H19BrN6O3. The van der Waals surface area contributed by atoms with Crippen LogP contribution in [0, 0.1) is 13.8 Å². The predicted octanol–water partition coefficient (Wildman–Crippen LogP) is 0.0706. The highest BCUT2D eigenvalue weighted by Gasteiger charge is 2.18. The molecule has 0 amide bonds. The fourth-order valence-electron chi connectivity index (χ4n) is 2.87. The quantitative estimate of drug-likeness (QED) is 0.655. The molecule has 1 atom stereocenters. The maximum Gasteiger partial charge on any atom is 0.332 e. The molecule has 0 aromatic carbocycles. The second kappa shape index (κ2) is 6.26. The minimum atomic E-state index is -0.774. The lowest BCUT2D eigenvalue weighted by Crippen LogP contribution is -2.38. The van der Waals surface area contributed by atoms with E-state index >= 15 is 0 Å². The van der Waals surface area contributed by atoms with Crippen LogP contribution in [0.3, 0.4) is 0 Å². The van der Waals surface area contributed by atoms with Crippen molar-refractivity contribution in [1.29, 1.82) is 0 Å². The first-order chi connectivity index (χ1) is 11.7. The van der Waals surface area contributed by atoms with Gasteiger partial charge in [-0.05, 0) is 29.8 Å². The highest BCUT2D eigenvalue weighted by atomic mass is 79.9. The van der Waals surface area contributed by atoms with Gasteiger partial charge in [0.2, 0.25) is 0 Å². The molecule has 0 aliphatic heterocycles. The van der Waals surface area contributed by atoms with Gasteiger partial charge in [-0.25, -0.2) is 9.78 Å². The van der Waals surface area contributed by atoms with E-state index in [1.165, 1.54) is 17.9 Å². The molecule has 3 rings (SSSR count). The van der Waals surface area contributed by atoms with Gasteiger partial charge in [-0.15, -0.1) is 0 Å². The van der Waals surface area contributed by atoms with Crippen molar-refractivity contribution >= 4 is 27.1 Å². The van der Waals surface area contributed by atoms with Gasteiger partial charge < -0.3 is 9.67 Å². The van der Waals surface area contributed by atoms with Gasteiger partial charge in [-0.2, -0.15) is 5.10 Å². The molecule has 3 heterocycles. The van der Waals surface area contributed by atoms with E-state index in [-0.39, 0.29) is 18.6 Å². The Balaban J connectivity index is 1.94. The normalized spacial score (nSPS) is 12.9. The fourth-order valence-corrected chi connectivity index (χ4v) is 3.16. The molecule has 0 fully saturated rings. The Morgan fingerprint density at radius 2 is 1.88 bits per heavy atom. The molecule has 9 nitrogen and oxygen atoms in total. The first-order valence-electron chi connectivity index (χ1n) is 7.70. The number of imidazole rings is 1. The first kappa shape index (κ1) is 17.6. The Hall–Kier alpha value is -2.20. The maximum absolute atomic E-state index is 12.4. The van der Waals surface area contributed by atoms with Crippen LogP contribution < -0.4 is 11.2 Å². The highest BCUT2D eigenvalue weighted by Crippen LogP contribution is 2.20. The van der Waals surface area contributed by atoms with Gasteiger partial charge in [0.1, 0.15) is 0 Å². The van der Waals surface area contributed by atoms with Crippen molar-refractivity contribution in [3.05, 3.63) is 43.0 Å². The van der Waals surface area contributed by atoms with Crippen molar-refractivity contribution in [2.24, 2.45) is 14.1 Å². The lowest BCUT2D eigenvalue weighted by Gasteiger charge is -2.13. The summed E-state index contributed by atoms with van der Waals surface area (Å²) >= 11 is 3.46. The van der Waals surface area contributed by atoms with Crippen LogP contribution in [-0.4, -0.2) is 39.7 Å². The summed E-state index contributed by atoms with van der Waals surface area (Å²) in [5.41, 5.74) is 1.49. The molecule has 0 radical (unpaired) electrons. The number of aliphatic hydroxyl groups excluding tert-OH is 1. The Kier molecular flexibility index (Phi) is 4.41. The van der Waals surface area contributed by atoms with Gasteiger partial charge in [-0.1, -0.05) is 0 Å². The van der Waals surface area contributed by atoms with E-state index in [0.29, 0.717) is 5.65 Å². The summed E-state index contributed by atoms with van der Waals surface area (Å²) in [5.74, 6) is 0. The molecular weight excluding hydrogens is 392 g/mol. The zero-order valence-corrected chi connectivity index (χ0v) is 16.0. The average molecular weight is 411 g/mol. The van der Waals surface area contributed by atoms with Crippen LogP contribution in [0.5, 0.6) is 0 Å². The van der Waals surface area contributed by atoms with Gasteiger partial charge in [0.15, 0.2) is 11.2 Å². The van der Waals surface area contributed by atoms with Crippen LogP contribution in [0.2, 0.25) is 0 Å². The number of nitrogens with zero attached hydrogens (tertiary/aromatic N) is 6. The predicted molar refractivity (Wildman–Crippen MR) is 95.6 cm³/mol. The average Bonchev–Trinajstić information content (AvgIpc) is 3.08. The topological polar surface area (TPSA) is 99.9 Å². The third-order valence-corrected chi connectivity index (χ3v) is 5.45. The third kappa shape index (κ3) is 2.85. The Labute approximate surface area is 151 Å². The van der Waals surface area contributed by atoms with Crippen molar-refractivity contribution in [3.8, 4) is 0 Å². The summed E-state index contributed by atoms with van der Waals surface area (Å²) in [6.07, 6.45) is 0.690. The summed E-state index contributed by atoms with van der Waals surface area (Å²) in [6.45, 7) is 4.24. The molecule has 0 spiro atoms. The van der Waals surface area contributed by atoms with E-state index in [0.717, 1.165) is 20.4 Å². The van der Waals surface area contributed by atoms with Crippen molar-refractivity contribution in [2.45, 2.75) is 33.0 Å². The first-order valence-corrected chi connectivity index (χ1v) is 8.50. The van der Waals surface area contributed by atoms with Crippen molar-refractivity contribution < 1.29 is 5.11 Å². The molecule has 1 N–H and O–H groups in total. The summed E-state index contributed by atoms with van der Waals surface area (Å²) in [6, 6.07) is 0. The highest BCUT2D eigenvalue weighted by molar-refractivity contribution is 9.10. The zero-order valence-electron chi connectivity index (χ0n) is 14.4. The van der Waals surface area contributed by atoms with Crippen molar-refractivity contribution in [2.75, 3.05) is 0 Å². The molecule has 1 unspecified atom stereocenters. The Morgan fingerprint density at radius 1 is 1.20 bits per heavy atom. The van der Waals surface area contributed by atoms with Gasteiger partial charge in [-0.3, -0.25) is 18.6 Å². The van der Waals surface area contributed by atoms with E-state index in [9.17, 15) is 14.7 Å². The molecule has 0 aliphatic rings. The van der Waals surface area contributed by atoms with Crippen LogP contribution in [-0.2, 0) is 27.2 Å².